The number of nitrogens with two attached hydrogens (primary N) is 2. The maximum atomic E-state index is 13.2. The number of primary sulfonamides is 1. The number of carbonyl (C=O) groups is 2. The quantitative estimate of drug-likeness (QED) is 0.235. The molecule has 3 aromatic carbocycles. The number of methoxy groups -OCH3 is 1. The van der Waals surface area contributed by atoms with Gasteiger partial charge in [0.05, 0.1) is 12.0 Å². The van der Waals surface area contributed by atoms with Gasteiger partial charge in [0, 0.05) is 23.2 Å². The summed E-state index contributed by atoms with van der Waals surface area (Å²) in [4.78, 5) is 26.5. The molecule has 182 valence electrons. The largest absolute Gasteiger partial charge is 0.468 e. The van der Waals surface area contributed by atoms with Crippen LogP contribution >= 0.6 is 0 Å². The molecule has 0 aliphatic rings. The van der Waals surface area contributed by atoms with Gasteiger partial charge in [-0.3, -0.25) is 15.0 Å². The topological polar surface area (TPSA) is 157 Å². The molecule has 0 unspecified atom stereocenters. The summed E-state index contributed by atoms with van der Waals surface area (Å²) in [7, 11) is -2.68. The van der Waals surface area contributed by atoms with Crippen LogP contribution in [-0.2, 0) is 26.0 Å². The molecule has 0 atom stereocenters. The molecule has 0 aromatic heterocycles. The van der Waals surface area contributed by atoms with Gasteiger partial charge in [-0.25, -0.2) is 13.6 Å². The third kappa shape index (κ3) is 6.52. The Morgan fingerprint density at radius 3 is 2.29 bits per heavy atom. The van der Waals surface area contributed by atoms with Crippen molar-refractivity contribution in [1.82, 2.24) is 4.90 Å². The van der Waals surface area contributed by atoms with Gasteiger partial charge in [0.15, 0.2) is 0 Å². The minimum Gasteiger partial charge on any atom is -0.468 e. The zero-order valence-electron chi connectivity index (χ0n) is 19.1. The third-order valence-electron chi connectivity index (χ3n) is 5.38. The maximum absolute atomic E-state index is 13.2. The fourth-order valence-corrected chi connectivity index (χ4v) is 4.32. The average Bonchev–Trinajstić information content (AvgIpc) is 2.85. The van der Waals surface area contributed by atoms with E-state index >= 15 is 0 Å². The molecule has 0 saturated heterocycles. The SMILES string of the molecule is COC(=O)CN(CCc1cccc(C(=N)N)c1)C(=O)c1ccc(-c2ccccc2S(N)(=O)=O)cc1. The highest BCUT2D eigenvalue weighted by atomic mass is 32.2. The summed E-state index contributed by atoms with van der Waals surface area (Å²) in [5.74, 6) is -1.00. The number of amidine groups is 1. The molecule has 0 bridgehead atoms. The lowest BCUT2D eigenvalue weighted by atomic mass is 10.0. The third-order valence-corrected chi connectivity index (χ3v) is 6.35. The van der Waals surface area contributed by atoms with E-state index in [4.69, 9.17) is 21.0 Å². The van der Waals surface area contributed by atoms with Crippen molar-refractivity contribution in [2.75, 3.05) is 20.2 Å². The predicted octanol–water partition coefficient (Wildman–Crippen LogP) is 2.14. The Kier molecular flexibility index (Phi) is 8.00. The van der Waals surface area contributed by atoms with Crippen LogP contribution in [-0.4, -0.2) is 51.2 Å². The highest BCUT2D eigenvalue weighted by Gasteiger charge is 2.20. The lowest BCUT2D eigenvalue weighted by Gasteiger charge is -2.22. The molecule has 0 radical (unpaired) electrons. The molecule has 3 aromatic rings. The predicted molar refractivity (Wildman–Crippen MR) is 132 cm³/mol. The summed E-state index contributed by atoms with van der Waals surface area (Å²) in [6, 6.07) is 19.8. The van der Waals surface area contributed by atoms with Crippen molar-refractivity contribution in [1.29, 1.82) is 5.41 Å². The van der Waals surface area contributed by atoms with Crippen molar-refractivity contribution in [3.8, 4) is 11.1 Å². The molecule has 0 saturated carbocycles. The fraction of sp³-hybridized carbons (Fsp3) is 0.160. The highest BCUT2D eigenvalue weighted by Crippen LogP contribution is 2.27. The molecule has 0 heterocycles. The number of sulfonamides is 1. The smallest absolute Gasteiger partial charge is 0.325 e. The second-order valence-corrected chi connectivity index (χ2v) is 9.32. The number of hydrogen-bond donors (Lipinski definition) is 3. The van der Waals surface area contributed by atoms with Crippen LogP contribution in [0.5, 0.6) is 0 Å². The number of nitrogens with one attached hydrogen (secondary N) is 1. The molecule has 1 amide bonds. The fourth-order valence-electron chi connectivity index (χ4n) is 3.56. The normalized spacial score (nSPS) is 11.0. The summed E-state index contributed by atoms with van der Waals surface area (Å²) in [5, 5.41) is 12.9. The number of amides is 1. The Bertz CT molecular complexity index is 1350. The first-order chi connectivity index (χ1) is 16.6. The number of carbonyl (C=O) groups excluding carboxylic acids is 2. The zero-order valence-corrected chi connectivity index (χ0v) is 19.9. The minimum absolute atomic E-state index is 0.0146. The summed E-state index contributed by atoms with van der Waals surface area (Å²) in [6.45, 7) is -0.0109. The minimum atomic E-state index is -3.93. The van der Waals surface area contributed by atoms with Gasteiger partial charge in [-0.1, -0.05) is 48.5 Å². The van der Waals surface area contributed by atoms with Crippen LogP contribution in [0, 0.1) is 5.41 Å². The lowest BCUT2D eigenvalue weighted by Crippen LogP contribution is -2.37. The van der Waals surface area contributed by atoms with Gasteiger partial charge in [0.1, 0.15) is 12.4 Å². The van der Waals surface area contributed by atoms with Crippen LogP contribution < -0.4 is 10.9 Å². The molecule has 0 aliphatic carbocycles. The Morgan fingerprint density at radius 1 is 0.971 bits per heavy atom. The number of benzene rings is 3. The molecule has 0 aliphatic heterocycles. The maximum Gasteiger partial charge on any atom is 0.325 e. The van der Waals surface area contributed by atoms with Crippen LogP contribution in [0.4, 0.5) is 0 Å². The molecule has 0 spiro atoms. The van der Waals surface area contributed by atoms with Crippen molar-refractivity contribution in [2.45, 2.75) is 11.3 Å². The molecule has 5 N–H and O–H groups in total. The van der Waals surface area contributed by atoms with Crippen LogP contribution in [0.2, 0.25) is 0 Å². The van der Waals surface area contributed by atoms with Crippen LogP contribution in [0.1, 0.15) is 21.5 Å². The zero-order chi connectivity index (χ0) is 25.6. The first-order valence-corrected chi connectivity index (χ1v) is 12.2. The molecular formula is C25H26N4O5S. The van der Waals surface area contributed by atoms with E-state index in [9.17, 15) is 18.0 Å². The van der Waals surface area contributed by atoms with Crippen LogP contribution in [0.3, 0.4) is 0 Å². The van der Waals surface area contributed by atoms with Gasteiger partial charge in [-0.05, 0) is 41.8 Å². The van der Waals surface area contributed by atoms with Crippen LogP contribution in [0.15, 0.2) is 77.7 Å². The number of nitrogen functional groups attached to an aromatic ring is 1. The van der Waals surface area contributed by atoms with Crippen molar-refractivity contribution in [3.63, 3.8) is 0 Å². The van der Waals surface area contributed by atoms with Gasteiger partial charge < -0.3 is 15.4 Å². The van der Waals surface area contributed by atoms with Crippen molar-refractivity contribution >= 4 is 27.7 Å². The van der Waals surface area contributed by atoms with E-state index in [2.05, 4.69) is 0 Å². The second kappa shape index (κ2) is 10.9. The molecule has 35 heavy (non-hydrogen) atoms. The summed E-state index contributed by atoms with van der Waals surface area (Å²) < 4.78 is 28.6. The number of hydrogen-bond acceptors (Lipinski definition) is 6. The Morgan fingerprint density at radius 2 is 1.66 bits per heavy atom. The Labute approximate surface area is 203 Å². The molecule has 3 rings (SSSR count). The van der Waals surface area contributed by atoms with E-state index in [-0.39, 0.29) is 29.7 Å². The van der Waals surface area contributed by atoms with E-state index < -0.39 is 16.0 Å². The van der Waals surface area contributed by atoms with Crippen molar-refractivity contribution < 1.29 is 22.7 Å². The Hall–Kier alpha value is -4.02. The number of esters is 1. The van der Waals surface area contributed by atoms with E-state index in [0.29, 0.717) is 28.7 Å². The molecule has 10 heteroatoms. The van der Waals surface area contributed by atoms with E-state index in [1.807, 2.05) is 6.07 Å². The number of ether oxygens (including phenoxy) is 1. The van der Waals surface area contributed by atoms with Gasteiger partial charge in [-0.15, -0.1) is 0 Å². The van der Waals surface area contributed by atoms with E-state index in [1.165, 1.54) is 18.1 Å². The van der Waals surface area contributed by atoms with Gasteiger partial charge in [0.2, 0.25) is 10.0 Å². The monoisotopic (exact) mass is 494 g/mol. The standard InChI is InChI=1S/C25H26N4O5S/c1-34-23(30)16-29(14-13-17-5-4-6-20(15-17)24(26)27)25(31)19-11-9-18(10-12-19)21-7-2-3-8-22(21)35(28,32)33/h2-12,15H,13-14,16H2,1H3,(H3,26,27)(H2,28,32,33). The first-order valence-electron chi connectivity index (χ1n) is 10.6. The van der Waals surface area contributed by atoms with E-state index in [1.54, 1.807) is 60.7 Å². The average molecular weight is 495 g/mol. The second-order valence-electron chi connectivity index (χ2n) is 7.79. The molecular weight excluding hydrogens is 468 g/mol. The Balaban J connectivity index is 1.84. The summed E-state index contributed by atoms with van der Waals surface area (Å²) in [5.41, 5.74) is 8.30. The lowest BCUT2D eigenvalue weighted by molar-refractivity contribution is -0.141. The van der Waals surface area contributed by atoms with Gasteiger partial charge in [0.25, 0.3) is 5.91 Å². The van der Waals surface area contributed by atoms with Crippen molar-refractivity contribution in [2.24, 2.45) is 10.9 Å². The number of rotatable bonds is 9. The molecule has 9 nitrogen and oxygen atoms in total. The summed E-state index contributed by atoms with van der Waals surface area (Å²) in [6.07, 6.45) is 0.434. The number of nitrogens with zero attached hydrogens (tertiary/aromatic N) is 1. The first kappa shape index (κ1) is 25.6. The highest BCUT2D eigenvalue weighted by molar-refractivity contribution is 7.89. The van der Waals surface area contributed by atoms with E-state index in [0.717, 1.165) is 5.56 Å². The van der Waals surface area contributed by atoms with Crippen LogP contribution in [0.25, 0.3) is 11.1 Å². The van der Waals surface area contributed by atoms with Gasteiger partial charge >= 0.3 is 5.97 Å². The van der Waals surface area contributed by atoms with Crippen molar-refractivity contribution in [3.05, 3.63) is 89.5 Å². The summed E-state index contributed by atoms with van der Waals surface area (Å²) >= 11 is 0. The van der Waals surface area contributed by atoms with Gasteiger partial charge in [-0.2, -0.15) is 0 Å². The molecule has 0 fully saturated rings.